The Morgan fingerprint density at radius 1 is 1.48 bits per heavy atom. The van der Waals surface area contributed by atoms with Gasteiger partial charge in [-0.2, -0.15) is 5.26 Å². The number of hydrogen-bond acceptors (Lipinski definition) is 7. The minimum absolute atomic E-state index is 0.533. The molecule has 1 heterocycles. The minimum Gasteiger partial charge on any atom is -0.495 e. The van der Waals surface area contributed by atoms with Gasteiger partial charge >= 0.3 is 0 Å². The maximum absolute atomic E-state index is 9.09. The average molecular weight is 304 g/mol. The minimum atomic E-state index is 0.533. The molecular formula is C13H16N6OS. The molecule has 0 aliphatic carbocycles. The fourth-order valence-electron chi connectivity index (χ4n) is 1.74. The molecule has 2 aromatic rings. The number of methoxy groups -OCH3 is 1. The number of thioether (sulfide) groups is 1. The molecule has 0 saturated carbocycles. The van der Waals surface area contributed by atoms with Crippen LogP contribution in [-0.4, -0.2) is 40.9 Å². The molecular weight excluding hydrogens is 288 g/mol. The molecule has 0 bridgehead atoms. The van der Waals surface area contributed by atoms with Gasteiger partial charge in [0.2, 0.25) is 5.16 Å². The van der Waals surface area contributed by atoms with Crippen LogP contribution in [0.4, 0.5) is 0 Å². The molecule has 1 aromatic heterocycles. The first-order valence-corrected chi connectivity index (χ1v) is 7.37. The highest BCUT2D eigenvalue weighted by molar-refractivity contribution is 7.98. The number of nitriles is 1. The van der Waals surface area contributed by atoms with Gasteiger partial charge in [0.15, 0.2) is 0 Å². The molecule has 8 heteroatoms. The summed E-state index contributed by atoms with van der Waals surface area (Å²) < 4.78 is 6.89. The summed E-state index contributed by atoms with van der Waals surface area (Å²) in [5.41, 5.74) is 1.56. The fraction of sp³-hybridized carbons (Fsp3) is 0.385. The molecule has 0 radical (unpaired) electrons. The largest absolute Gasteiger partial charge is 0.495 e. The summed E-state index contributed by atoms with van der Waals surface area (Å²) in [7, 11) is 3.44. The molecule has 7 nitrogen and oxygen atoms in total. The number of nitrogens with zero attached hydrogens (tertiary/aromatic N) is 5. The lowest BCUT2D eigenvalue weighted by Crippen LogP contribution is -2.16. The van der Waals surface area contributed by atoms with Crippen molar-refractivity contribution in [2.75, 3.05) is 20.7 Å². The number of likely N-dealkylation sites (N-methyl/N-ethyl adjacent to an activating group) is 1. The van der Waals surface area contributed by atoms with E-state index in [9.17, 15) is 0 Å². The van der Waals surface area contributed by atoms with Gasteiger partial charge in [0.1, 0.15) is 11.8 Å². The molecule has 0 aliphatic heterocycles. The van der Waals surface area contributed by atoms with Gasteiger partial charge < -0.3 is 10.1 Å². The van der Waals surface area contributed by atoms with Crippen LogP contribution in [0.2, 0.25) is 0 Å². The van der Waals surface area contributed by atoms with Crippen molar-refractivity contribution < 1.29 is 4.74 Å². The molecule has 0 unspecified atom stereocenters. The normalized spacial score (nSPS) is 10.3. The molecule has 0 atom stereocenters. The predicted octanol–water partition coefficient (Wildman–Crippen LogP) is 1.07. The maximum Gasteiger partial charge on any atom is 0.209 e. The van der Waals surface area contributed by atoms with Crippen molar-refractivity contribution >= 4 is 11.8 Å². The topological polar surface area (TPSA) is 88.7 Å². The van der Waals surface area contributed by atoms with Crippen LogP contribution >= 0.6 is 11.8 Å². The Balaban J connectivity index is 2.03. The number of ether oxygens (including phenoxy) is 1. The van der Waals surface area contributed by atoms with Crippen molar-refractivity contribution in [1.82, 2.24) is 25.5 Å². The van der Waals surface area contributed by atoms with Gasteiger partial charge in [-0.25, -0.2) is 4.68 Å². The molecule has 21 heavy (non-hydrogen) atoms. The smallest absolute Gasteiger partial charge is 0.209 e. The Hall–Kier alpha value is -2.11. The van der Waals surface area contributed by atoms with Crippen LogP contribution in [0, 0.1) is 11.3 Å². The molecule has 0 aliphatic rings. The highest BCUT2D eigenvalue weighted by Gasteiger charge is 2.08. The van der Waals surface area contributed by atoms with Crippen LogP contribution < -0.4 is 10.1 Å². The van der Waals surface area contributed by atoms with E-state index < -0.39 is 0 Å². The summed E-state index contributed by atoms with van der Waals surface area (Å²) in [6.45, 7) is 1.53. The van der Waals surface area contributed by atoms with E-state index in [4.69, 9.17) is 10.00 Å². The van der Waals surface area contributed by atoms with Gasteiger partial charge in [0.25, 0.3) is 0 Å². The third kappa shape index (κ3) is 3.93. The Morgan fingerprint density at radius 2 is 2.33 bits per heavy atom. The van der Waals surface area contributed by atoms with Gasteiger partial charge in [-0.05, 0) is 35.2 Å². The zero-order chi connectivity index (χ0) is 15.1. The summed E-state index contributed by atoms with van der Waals surface area (Å²) in [5.74, 6) is 1.28. The second kappa shape index (κ2) is 7.61. The molecule has 0 fully saturated rings. The molecule has 110 valence electrons. The van der Waals surface area contributed by atoms with Gasteiger partial charge in [-0.1, -0.05) is 17.8 Å². The molecule has 0 saturated heterocycles. The molecule has 1 aromatic carbocycles. The Bertz CT molecular complexity index is 636. The third-order valence-electron chi connectivity index (χ3n) is 2.82. The van der Waals surface area contributed by atoms with Crippen LogP contribution in [0.1, 0.15) is 11.1 Å². The Kier molecular flexibility index (Phi) is 5.54. The summed E-state index contributed by atoms with van der Waals surface area (Å²) in [6.07, 6.45) is 0. The van der Waals surface area contributed by atoms with Crippen molar-refractivity contribution in [2.24, 2.45) is 0 Å². The first-order valence-electron chi connectivity index (χ1n) is 6.39. The predicted molar refractivity (Wildman–Crippen MR) is 79.0 cm³/mol. The number of tetrazole rings is 1. The quantitative estimate of drug-likeness (QED) is 0.765. The van der Waals surface area contributed by atoms with E-state index in [1.807, 2.05) is 19.2 Å². The molecule has 2 rings (SSSR count). The fourth-order valence-corrected chi connectivity index (χ4v) is 2.58. The van der Waals surface area contributed by atoms with E-state index in [1.165, 1.54) is 11.8 Å². The van der Waals surface area contributed by atoms with E-state index in [-0.39, 0.29) is 0 Å². The second-order valence-electron chi connectivity index (χ2n) is 4.22. The van der Waals surface area contributed by atoms with Crippen molar-refractivity contribution in [3.8, 4) is 11.8 Å². The summed E-state index contributed by atoms with van der Waals surface area (Å²) in [4.78, 5) is 0. The highest BCUT2D eigenvalue weighted by atomic mass is 32.2. The van der Waals surface area contributed by atoms with Gasteiger partial charge in [0.05, 0.1) is 19.2 Å². The van der Waals surface area contributed by atoms with E-state index in [2.05, 4.69) is 26.9 Å². The lowest BCUT2D eigenvalue weighted by atomic mass is 10.1. The van der Waals surface area contributed by atoms with E-state index >= 15 is 0 Å². The number of rotatable bonds is 7. The standard InChI is InChI=1S/C13H16N6OS/c1-15-5-6-19-13(16-17-18-19)21-9-10-3-4-12(20-2)11(7-10)8-14/h3-4,7,15H,5-6,9H2,1-2H3. The summed E-state index contributed by atoms with van der Waals surface area (Å²) >= 11 is 1.54. The van der Waals surface area contributed by atoms with Crippen LogP contribution in [0.15, 0.2) is 23.4 Å². The summed E-state index contributed by atoms with van der Waals surface area (Å²) in [6, 6.07) is 7.70. The lowest BCUT2D eigenvalue weighted by molar-refractivity contribution is 0.413. The molecule has 1 N–H and O–H groups in total. The number of aromatic nitrogens is 4. The first kappa shape index (κ1) is 15.3. The zero-order valence-corrected chi connectivity index (χ0v) is 12.7. The average Bonchev–Trinajstić information content (AvgIpc) is 2.97. The maximum atomic E-state index is 9.09. The lowest BCUT2D eigenvalue weighted by Gasteiger charge is -2.06. The van der Waals surface area contributed by atoms with Crippen LogP contribution in [0.5, 0.6) is 5.75 Å². The van der Waals surface area contributed by atoms with Crippen molar-refractivity contribution in [3.05, 3.63) is 29.3 Å². The van der Waals surface area contributed by atoms with Gasteiger partial charge in [-0.15, -0.1) is 5.10 Å². The van der Waals surface area contributed by atoms with Crippen molar-refractivity contribution in [2.45, 2.75) is 17.5 Å². The third-order valence-corrected chi connectivity index (χ3v) is 3.85. The molecule has 0 amide bonds. The van der Waals surface area contributed by atoms with Crippen LogP contribution in [0.25, 0.3) is 0 Å². The monoisotopic (exact) mass is 304 g/mol. The summed E-state index contributed by atoms with van der Waals surface area (Å²) in [5, 5.41) is 24.6. The van der Waals surface area contributed by atoms with Crippen molar-refractivity contribution in [3.63, 3.8) is 0 Å². The zero-order valence-electron chi connectivity index (χ0n) is 11.9. The van der Waals surface area contributed by atoms with Gasteiger partial charge in [-0.3, -0.25) is 0 Å². The second-order valence-corrected chi connectivity index (χ2v) is 5.17. The number of benzene rings is 1. The molecule has 0 spiro atoms. The van der Waals surface area contributed by atoms with E-state index in [1.54, 1.807) is 17.9 Å². The first-order chi connectivity index (χ1) is 10.3. The van der Waals surface area contributed by atoms with Crippen molar-refractivity contribution in [1.29, 1.82) is 5.26 Å². The van der Waals surface area contributed by atoms with Crippen LogP contribution in [0.3, 0.4) is 0 Å². The van der Waals surface area contributed by atoms with Crippen LogP contribution in [-0.2, 0) is 12.3 Å². The van der Waals surface area contributed by atoms with Gasteiger partial charge in [0, 0.05) is 12.3 Å². The SMILES string of the molecule is CNCCn1nnnc1SCc1ccc(OC)c(C#N)c1. The Morgan fingerprint density at radius 3 is 3.05 bits per heavy atom. The number of hydrogen-bond donors (Lipinski definition) is 1. The van der Waals surface area contributed by atoms with E-state index in [0.717, 1.165) is 23.8 Å². The number of nitrogens with one attached hydrogen (secondary N) is 1. The van der Waals surface area contributed by atoms with E-state index in [0.29, 0.717) is 17.1 Å². The highest BCUT2D eigenvalue weighted by Crippen LogP contribution is 2.24. The Labute approximate surface area is 127 Å².